The molecule has 0 saturated carbocycles. The van der Waals surface area contributed by atoms with Crippen molar-refractivity contribution in [3.8, 4) is 11.1 Å². The van der Waals surface area contributed by atoms with E-state index in [-0.39, 0.29) is 11.3 Å². The van der Waals surface area contributed by atoms with E-state index in [1.807, 2.05) is 6.07 Å². The van der Waals surface area contributed by atoms with Crippen molar-refractivity contribution < 1.29 is 9.32 Å². The number of aromatic nitrogens is 1. The van der Waals surface area contributed by atoms with E-state index in [4.69, 9.17) is 16.1 Å². The van der Waals surface area contributed by atoms with Crippen molar-refractivity contribution in [2.75, 3.05) is 0 Å². The lowest BCUT2D eigenvalue weighted by atomic mass is 10.1. The minimum atomic E-state index is -0.716. The van der Waals surface area contributed by atoms with Gasteiger partial charge in [0.25, 0.3) is 5.24 Å². The van der Waals surface area contributed by atoms with Gasteiger partial charge in [0.1, 0.15) is 11.3 Å². The zero-order valence-electron chi connectivity index (χ0n) is 8.44. The zero-order chi connectivity index (χ0) is 11.7. The Morgan fingerprint density at radius 1 is 1.31 bits per heavy atom. The van der Waals surface area contributed by atoms with Crippen LogP contribution in [0.15, 0.2) is 39.6 Å². The van der Waals surface area contributed by atoms with Crippen LogP contribution >= 0.6 is 11.6 Å². The molecule has 0 N–H and O–H groups in total. The number of nitrogens with zero attached hydrogens (tertiary/aromatic N) is 1. The number of hydrogen-bond donors (Lipinski definition) is 0. The summed E-state index contributed by atoms with van der Waals surface area (Å²) in [6.07, 6.45) is 0. The number of carbonyl (C=O) groups is 1. The van der Waals surface area contributed by atoms with Crippen molar-refractivity contribution in [1.82, 2.24) is 4.74 Å². The first-order valence-corrected chi connectivity index (χ1v) is 4.94. The average molecular weight is 238 g/mol. The number of rotatable bonds is 2. The minimum Gasteiger partial charge on any atom is -0.335 e. The summed E-state index contributed by atoms with van der Waals surface area (Å²) in [5, 5.41) is -0.716. The van der Waals surface area contributed by atoms with Crippen LogP contribution in [-0.2, 0) is 7.05 Å². The maximum atomic E-state index is 11.6. The maximum Gasteiger partial charge on any atom is 0.366 e. The first-order valence-electron chi connectivity index (χ1n) is 4.57. The molecule has 82 valence electrons. The molecule has 5 heteroatoms. The van der Waals surface area contributed by atoms with Crippen molar-refractivity contribution in [3.05, 3.63) is 46.4 Å². The van der Waals surface area contributed by atoms with E-state index in [9.17, 15) is 9.59 Å². The standard InChI is InChI=1S/C11H8ClNO3/c1-13-9(10(12)14)8(11(15)16-13)7-5-3-2-4-6-7/h2-6H,1H3. The quantitative estimate of drug-likeness (QED) is 0.751. The second-order valence-electron chi connectivity index (χ2n) is 3.24. The molecular formula is C11H8ClNO3. The van der Waals surface area contributed by atoms with Gasteiger partial charge in [-0.1, -0.05) is 30.3 Å². The van der Waals surface area contributed by atoms with Crippen LogP contribution in [-0.4, -0.2) is 9.98 Å². The molecule has 0 bridgehead atoms. The van der Waals surface area contributed by atoms with E-state index < -0.39 is 10.9 Å². The summed E-state index contributed by atoms with van der Waals surface area (Å²) < 4.78 is 5.90. The van der Waals surface area contributed by atoms with Crippen molar-refractivity contribution in [3.63, 3.8) is 0 Å². The van der Waals surface area contributed by atoms with Crippen LogP contribution in [0, 0.1) is 0 Å². The Bertz CT molecular complexity index is 583. The normalized spacial score (nSPS) is 10.4. The SMILES string of the molecule is Cn1oc(=O)c(-c2ccccc2)c1C(=O)Cl. The van der Waals surface area contributed by atoms with Gasteiger partial charge in [-0.05, 0) is 17.2 Å². The zero-order valence-corrected chi connectivity index (χ0v) is 9.19. The molecule has 0 aliphatic rings. The van der Waals surface area contributed by atoms with E-state index >= 15 is 0 Å². The van der Waals surface area contributed by atoms with Crippen LogP contribution < -0.4 is 5.63 Å². The minimum absolute atomic E-state index is 0.0675. The third kappa shape index (κ3) is 1.67. The van der Waals surface area contributed by atoms with Crippen molar-refractivity contribution in [1.29, 1.82) is 0 Å². The van der Waals surface area contributed by atoms with Gasteiger partial charge in [0.2, 0.25) is 0 Å². The Labute approximate surface area is 96.0 Å². The molecule has 1 aromatic carbocycles. The maximum absolute atomic E-state index is 11.6. The van der Waals surface area contributed by atoms with Gasteiger partial charge in [0.05, 0.1) is 0 Å². The highest BCUT2D eigenvalue weighted by Crippen LogP contribution is 2.21. The lowest BCUT2D eigenvalue weighted by Gasteiger charge is -1.98. The molecule has 0 aliphatic carbocycles. The lowest BCUT2D eigenvalue weighted by molar-refractivity contribution is 0.106. The monoisotopic (exact) mass is 237 g/mol. The predicted octanol–water partition coefficient (Wildman–Crippen LogP) is 2.02. The summed E-state index contributed by atoms with van der Waals surface area (Å²) in [5.41, 5.74) is 0.305. The van der Waals surface area contributed by atoms with Gasteiger partial charge in [0, 0.05) is 7.05 Å². The molecule has 4 nitrogen and oxygen atoms in total. The molecule has 0 unspecified atom stereocenters. The highest BCUT2D eigenvalue weighted by molar-refractivity contribution is 6.68. The highest BCUT2D eigenvalue weighted by Gasteiger charge is 2.21. The van der Waals surface area contributed by atoms with Crippen molar-refractivity contribution >= 4 is 16.8 Å². The number of hydrogen-bond acceptors (Lipinski definition) is 3. The van der Waals surface area contributed by atoms with Gasteiger partial charge in [-0.15, -0.1) is 0 Å². The van der Waals surface area contributed by atoms with Crippen LogP contribution in [0.1, 0.15) is 10.5 Å². The van der Waals surface area contributed by atoms with Crippen molar-refractivity contribution in [2.45, 2.75) is 0 Å². The smallest absolute Gasteiger partial charge is 0.335 e. The van der Waals surface area contributed by atoms with E-state index in [1.165, 1.54) is 7.05 Å². The fraction of sp³-hybridized carbons (Fsp3) is 0.0909. The molecule has 0 atom stereocenters. The summed E-state index contributed by atoms with van der Waals surface area (Å²) in [4.78, 5) is 22.8. The second kappa shape index (κ2) is 3.98. The summed E-state index contributed by atoms with van der Waals surface area (Å²) in [7, 11) is 1.46. The highest BCUT2D eigenvalue weighted by atomic mass is 35.5. The molecule has 1 heterocycles. The molecule has 2 aromatic rings. The van der Waals surface area contributed by atoms with E-state index in [2.05, 4.69) is 0 Å². The third-order valence-electron chi connectivity index (χ3n) is 2.22. The fourth-order valence-corrected chi connectivity index (χ4v) is 1.76. The Morgan fingerprint density at radius 2 is 1.94 bits per heavy atom. The summed E-state index contributed by atoms with van der Waals surface area (Å²) >= 11 is 5.42. The number of halogens is 1. The van der Waals surface area contributed by atoms with Gasteiger partial charge in [0.15, 0.2) is 0 Å². The Morgan fingerprint density at radius 3 is 2.50 bits per heavy atom. The molecule has 0 spiro atoms. The molecule has 1 aromatic heterocycles. The number of carbonyl (C=O) groups excluding carboxylic acids is 1. The van der Waals surface area contributed by atoms with Crippen LogP contribution in [0.5, 0.6) is 0 Å². The molecule has 0 radical (unpaired) electrons. The Kier molecular flexibility index (Phi) is 2.66. The van der Waals surface area contributed by atoms with E-state index in [0.29, 0.717) is 5.56 Å². The van der Waals surface area contributed by atoms with Crippen molar-refractivity contribution in [2.24, 2.45) is 7.05 Å². The van der Waals surface area contributed by atoms with Crippen LogP contribution in [0.4, 0.5) is 0 Å². The summed E-state index contributed by atoms with van der Waals surface area (Å²) in [6, 6.07) is 8.79. The van der Waals surface area contributed by atoms with Crippen LogP contribution in [0.3, 0.4) is 0 Å². The fourth-order valence-electron chi connectivity index (χ4n) is 1.55. The Balaban J connectivity index is 2.75. The molecule has 2 rings (SSSR count). The number of aryl methyl sites for hydroxylation is 1. The number of benzene rings is 1. The van der Waals surface area contributed by atoms with Gasteiger partial charge in [-0.25, -0.2) is 9.53 Å². The molecule has 16 heavy (non-hydrogen) atoms. The Hall–Kier alpha value is -1.81. The first-order chi connectivity index (χ1) is 7.61. The largest absolute Gasteiger partial charge is 0.366 e. The first kappa shape index (κ1) is 10.7. The molecule has 0 aliphatic heterocycles. The van der Waals surface area contributed by atoms with Gasteiger partial charge >= 0.3 is 5.63 Å². The molecule has 0 saturated heterocycles. The lowest BCUT2D eigenvalue weighted by Crippen LogP contribution is -2.02. The van der Waals surface area contributed by atoms with Gasteiger partial charge in [-0.2, -0.15) is 0 Å². The molecule has 0 fully saturated rings. The van der Waals surface area contributed by atoms with Crippen LogP contribution in [0.2, 0.25) is 0 Å². The summed E-state index contributed by atoms with van der Waals surface area (Å²) in [5.74, 6) is 0. The molecule has 0 amide bonds. The van der Waals surface area contributed by atoms with E-state index in [0.717, 1.165) is 4.74 Å². The van der Waals surface area contributed by atoms with Crippen LogP contribution in [0.25, 0.3) is 11.1 Å². The second-order valence-corrected chi connectivity index (χ2v) is 3.58. The summed E-state index contributed by atoms with van der Waals surface area (Å²) in [6.45, 7) is 0. The van der Waals surface area contributed by atoms with E-state index in [1.54, 1.807) is 24.3 Å². The average Bonchev–Trinajstić information content (AvgIpc) is 2.55. The van der Waals surface area contributed by atoms with Gasteiger partial charge in [-0.3, -0.25) is 4.79 Å². The molecular weight excluding hydrogens is 230 g/mol. The predicted molar refractivity (Wildman–Crippen MR) is 59.6 cm³/mol. The third-order valence-corrected chi connectivity index (χ3v) is 2.40. The van der Waals surface area contributed by atoms with Gasteiger partial charge < -0.3 is 4.52 Å². The topological polar surface area (TPSA) is 52.2 Å².